The van der Waals surface area contributed by atoms with Crippen LogP contribution < -0.4 is 4.90 Å². The summed E-state index contributed by atoms with van der Waals surface area (Å²) >= 11 is 0. The Morgan fingerprint density at radius 2 is 1.95 bits per heavy atom. The maximum Gasteiger partial charge on any atom is 0.416 e. The third-order valence-corrected chi connectivity index (χ3v) is 3.55. The van der Waals surface area contributed by atoms with E-state index in [9.17, 15) is 22.8 Å². The number of allylic oxidation sites excluding steroid dienone is 4. The van der Waals surface area contributed by atoms with E-state index >= 15 is 0 Å². The number of carbonyl (C=O) groups is 2. The van der Waals surface area contributed by atoms with Crippen molar-refractivity contribution < 1.29 is 22.8 Å². The number of ketones is 1. The Labute approximate surface area is 118 Å². The number of Topliss-reactive ketones (excluding diaryl/α,β-unsaturated/α-hetero) is 1. The summed E-state index contributed by atoms with van der Waals surface area (Å²) in [5.41, 5.74) is -0.352. The first kappa shape index (κ1) is 13.6. The smallest absolute Gasteiger partial charge is 0.288 e. The van der Waals surface area contributed by atoms with Crippen LogP contribution in [0.3, 0.4) is 0 Å². The van der Waals surface area contributed by atoms with Gasteiger partial charge in [0.15, 0.2) is 0 Å². The van der Waals surface area contributed by atoms with Crippen molar-refractivity contribution in [1.29, 1.82) is 0 Å². The van der Waals surface area contributed by atoms with E-state index in [2.05, 4.69) is 0 Å². The molecule has 3 rings (SSSR count). The molecule has 1 aromatic carbocycles. The number of hydrogen-bond acceptors (Lipinski definition) is 2. The van der Waals surface area contributed by atoms with Gasteiger partial charge in [0.1, 0.15) is 0 Å². The molecule has 2 aliphatic rings. The summed E-state index contributed by atoms with van der Waals surface area (Å²) in [5.74, 6) is -1.95. The van der Waals surface area contributed by atoms with Crippen molar-refractivity contribution in [3.8, 4) is 0 Å². The number of amides is 1. The Balaban J connectivity index is 2.07. The van der Waals surface area contributed by atoms with Gasteiger partial charge in [-0.25, -0.2) is 0 Å². The predicted molar refractivity (Wildman–Crippen MR) is 69.3 cm³/mol. The number of benzene rings is 1. The minimum absolute atomic E-state index is 0.0622. The second-order valence-electron chi connectivity index (χ2n) is 4.86. The average molecular weight is 293 g/mol. The third kappa shape index (κ3) is 2.16. The minimum Gasteiger partial charge on any atom is -0.288 e. The van der Waals surface area contributed by atoms with E-state index in [0.717, 1.165) is 17.0 Å². The summed E-state index contributed by atoms with van der Waals surface area (Å²) in [4.78, 5) is 25.1. The number of nitrogens with zero attached hydrogens (tertiary/aromatic N) is 1. The van der Waals surface area contributed by atoms with Crippen LogP contribution in [-0.4, -0.2) is 11.7 Å². The molecule has 1 aliphatic heterocycles. The zero-order chi connectivity index (χ0) is 15.2. The Hall–Kier alpha value is -2.37. The van der Waals surface area contributed by atoms with Crippen LogP contribution in [0, 0.1) is 5.92 Å². The van der Waals surface area contributed by atoms with Gasteiger partial charge < -0.3 is 0 Å². The fraction of sp³-hybridized carbons (Fsp3) is 0.200. The van der Waals surface area contributed by atoms with Gasteiger partial charge in [0.2, 0.25) is 5.78 Å². The number of carbonyl (C=O) groups excluding carboxylic acids is 2. The van der Waals surface area contributed by atoms with Gasteiger partial charge in [-0.15, -0.1) is 0 Å². The fourth-order valence-corrected chi connectivity index (χ4v) is 2.55. The standard InChI is InChI=1S/C15H10F3NO2/c16-15(17,18)9-4-3-5-10(8-9)19-12-7-2-1-6-11(12)13(20)14(19)21/h1-5,7-8,11H,6H2. The molecule has 6 heteroatoms. The highest BCUT2D eigenvalue weighted by molar-refractivity contribution is 6.46. The van der Waals surface area contributed by atoms with Gasteiger partial charge in [-0.05, 0) is 30.7 Å². The van der Waals surface area contributed by atoms with Crippen LogP contribution in [0.2, 0.25) is 0 Å². The van der Waals surface area contributed by atoms with E-state index in [1.165, 1.54) is 12.1 Å². The van der Waals surface area contributed by atoms with Crippen LogP contribution in [0.4, 0.5) is 18.9 Å². The summed E-state index contributed by atoms with van der Waals surface area (Å²) < 4.78 is 38.3. The minimum atomic E-state index is -4.50. The van der Waals surface area contributed by atoms with Gasteiger partial charge in [0.25, 0.3) is 5.91 Å². The largest absolute Gasteiger partial charge is 0.416 e. The van der Waals surface area contributed by atoms with E-state index < -0.39 is 29.3 Å². The second-order valence-corrected chi connectivity index (χ2v) is 4.86. The lowest BCUT2D eigenvalue weighted by Gasteiger charge is -2.21. The van der Waals surface area contributed by atoms with E-state index in [0.29, 0.717) is 12.1 Å². The summed E-state index contributed by atoms with van der Waals surface area (Å²) in [7, 11) is 0. The molecule has 1 heterocycles. The molecule has 108 valence electrons. The van der Waals surface area contributed by atoms with Crippen molar-refractivity contribution in [2.45, 2.75) is 12.6 Å². The van der Waals surface area contributed by atoms with Crippen molar-refractivity contribution in [1.82, 2.24) is 0 Å². The molecule has 1 aliphatic carbocycles. The van der Waals surface area contributed by atoms with Crippen LogP contribution >= 0.6 is 0 Å². The number of hydrogen-bond donors (Lipinski definition) is 0. The van der Waals surface area contributed by atoms with Gasteiger partial charge in [-0.3, -0.25) is 14.5 Å². The first-order chi connectivity index (χ1) is 9.89. The van der Waals surface area contributed by atoms with Gasteiger partial charge in [-0.2, -0.15) is 13.2 Å². The lowest BCUT2D eigenvalue weighted by atomic mass is 9.96. The molecule has 0 aromatic heterocycles. The molecule has 1 atom stereocenters. The lowest BCUT2D eigenvalue weighted by Crippen LogP contribution is -2.26. The highest BCUT2D eigenvalue weighted by atomic mass is 19.4. The van der Waals surface area contributed by atoms with Crippen LogP contribution in [0.5, 0.6) is 0 Å². The molecule has 0 N–H and O–H groups in total. The normalized spacial score (nSPS) is 21.6. The molecule has 0 bridgehead atoms. The predicted octanol–water partition coefficient (Wildman–Crippen LogP) is 3.08. The topological polar surface area (TPSA) is 37.4 Å². The number of rotatable bonds is 1. The summed E-state index contributed by atoms with van der Waals surface area (Å²) in [5, 5.41) is 0. The summed E-state index contributed by atoms with van der Waals surface area (Å²) in [6, 6.07) is 4.43. The molecule has 0 saturated carbocycles. The number of anilines is 1. The molecular weight excluding hydrogens is 283 g/mol. The number of fused-ring (bicyclic) bond motifs is 1. The zero-order valence-electron chi connectivity index (χ0n) is 10.7. The van der Waals surface area contributed by atoms with Gasteiger partial charge in [-0.1, -0.05) is 18.2 Å². The van der Waals surface area contributed by atoms with Crippen LogP contribution in [-0.2, 0) is 15.8 Å². The molecule has 1 fully saturated rings. The molecule has 21 heavy (non-hydrogen) atoms. The Kier molecular flexibility index (Phi) is 2.97. The van der Waals surface area contributed by atoms with E-state index in [1.54, 1.807) is 18.2 Å². The highest BCUT2D eigenvalue weighted by Gasteiger charge is 2.44. The highest BCUT2D eigenvalue weighted by Crippen LogP contribution is 2.38. The molecule has 1 amide bonds. The quantitative estimate of drug-likeness (QED) is 0.746. The maximum absolute atomic E-state index is 12.8. The van der Waals surface area contributed by atoms with Crippen LogP contribution in [0.15, 0.2) is 48.2 Å². The van der Waals surface area contributed by atoms with E-state index in [-0.39, 0.29) is 5.69 Å². The summed E-state index contributed by atoms with van der Waals surface area (Å²) in [6.45, 7) is 0. The molecule has 1 unspecified atom stereocenters. The lowest BCUT2D eigenvalue weighted by molar-refractivity contribution is -0.137. The van der Waals surface area contributed by atoms with Crippen LogP contribution in [0.25, 0.3) is 0 Å². The van der Waals surface area contributed by atoms with Gasteiger partial charge in [0.05, 0.1) is 11.5 Å². The molecule has 1 aromatic rings. The Morgan fingerprint density at radius 1 is 1.19 bits per heavy atom. The van der Waals surface area contributed by atoms with Crippen molar-refractivity contribution in [2.75, 3.05) is 4.90 Å². The number of halogens is 3. The van der Waals surface area contributed by atoms with Crippen molar-refractivity contribution in [3.05, 3.63) is 53.8 Å². The zero-order valence-corrected chi connectivity index (χ0v) is 10.7. The van der Waals surface area contributed by atoms with Gasteiger partial charge in [0, 0.05) is 11.4 Å². The monoisotopic (exact) mass is 293 g/mol. The molecular formula is C15H10F3NO2. The van der Waals surface area contributed by atoms with E-state index in [1.807, 2.05) is 0 Å². The Bertz CT molecular complexity index is 688. The molecule has 3 nitrogen and oxygen atoms in total. The van der Waals surface area contributed by atoms with Crippen molar-refractivity contribution >= 4 is 17.4 Å². The number of alkyl halides is 3. The molecule has 1 saturated heterocycles. The van der Waals surface area contributed by atoms with Crippen molar-refractivity contribution in [2.24, 2.45) is 5.92 Å². The third-order valence-electron chi connectivity index (χ3n) is 3.55. The first-order valence-corrected chi connectivity index (χ1v) is 6.32. The maximum atomic E-state index is 12.8. The SMILES string of the molecule is O=C1C(=O)N(c2cccc(C(F)(F)F)c2)C2=CC=CCC12. The molecule has 0 spiro atoms. The Morgan fingerprint density at radius 3 is 2.67 bits per heavy atom. The van der Waals surface area contributed by atoms with Gasteiger partial charge >= 0.3 is 6.18 Å². The summed E-state index contributed by atoms with van der Waals surface area (Å²) in [6.07, 6.45) is 0.944. The van der Waals surface area contributed by atoms with Crippen LogP contribution in [0.1, 0.15) is 12.0 Å². The second kappa shape index (κ2) is 4.58. The average Bonchev–Trinajstić information content (AvgIpc) is 2.71. The van der Waals surface area contributed by atoms with Crippen molar-refractivity contribution in [3.63, 3.8) is 0 Å². The molecule has 0 radical (unpaired) electrons. The fourth-order valence-electron chi connectivity index (χ4n) is 2.55. The van der Waals surface area contributed by atoms with E-state index in [4.69, 9.17) is 0 Å². The first-order valence-electron chi connectivity index (χ1n) is 6.32.